The Hall–Kier alpha value is -0.980. The minimum atomic E-state index is 0.985. The molecule has 1 aromatic carbocycles. The van der Waals surface area contributed by atoms with Crippen LogP contribution in [-0.4, -0.2) is 7.11 Å². The molecular weight excluding hydrogens is 148 g/mol. The smallest absolute Gasteiger partial charge is 0.122 e. The molecule has 0 aliphatic rings. The molecule has 0 N–H and O–H groups in total. The Kier molecular flexibility index (Phi) is 3.15. The van der Waals surface area contributed by atoms with Crippen molar-refractivity contribution < 1.29 is 4.74 Å². The Labute approximate surface area is 74.4 Å². The van der Waals surface area contributed by atoms with E-state index in [9.17, 15) is 0 Å². The number of hydrogen-bond donors (Lipinski definition) is 0. The van der Waals surface area contributed by atoms with Crippen molar-refractivity contribution in [1.82, 2.24) is 0 Å². The Bertz CT molecular complexity index is 241. The van der Waals surface area contributed by atoms with E-state index in [1.807, 2.05) is 18.2 Å². The SMILES string of the molecule is COc1ccccc1C[C](C)C. The van der Waals surface area contributed by atoms with E-state index in [1.54, 1.807) is 7.11 Å². The molecule has 1 radical (unpaired) electrons. The summed E-state index contributed by atoms with van der Waals surface area (Å²) in [6.45, 7) is 4.26. The van der Waals surface area contributed by atoms with E-state index >= 15 is 0 Å². The lowest BCUT2D eigenvalue weighted by atomic mass is 10.0. The molecule has 0 amide bonds. The monoisotopic (exact) mass is 163 g/mol. The Balaban J connectivity index is 2.82. The van der Waals surface area contributed by atoms with Crippen LogP contribution in [0.2, 0.25) is 0 Å². The topological polar surface area (TPSA) is 9.23 Å². The molecule has 0 saturated heterocycles. The first-order chi connectivity index (χ1) is 5.74. The molecule has 0 aliphatic carbocycles. The van der Waals surface area contributed by atoms with Crippen molar-refractivity contribution in [3.63, 3.8) is 0 Å². The molecule has 0 aromatic heterocycles. The molecular formula is C11H15O. The number of benzene rings is 1. The van der Waals surface area contributed by atoms with E-state index in [2.05, 4.69) is 19.9 Å². The van der Waals surface area contributed by atoms with Crippen LogP contribution in [0.5, 0.6) is 5.75 Å². The van der Waals surface area contributed by atoms with Crippen LogP contribution >= 0.6 is 0 Å². The molecule has 0 bridgehead atoms. The number of para-hydroxylation sites is 1. The lowest BCUT2D eigenvalue weighted by molar-refractivity contribution is 0.410. The molecule has 0 aliphatic heterocycles. The normalized spacial score (nSPS) is 10.3. The van der Waals surface area contributed by atoms with Gasteiger partial charge < -0.3 is 4.74 Å². The fraction of sp³-hybridized carbons (Fsp3) is 0.364. The van der Waals surface area contributed by atoms with Crippen LogP contribution in [0.4, 0.5) is 0 Å². The van der Waals surface area contributed by atoms with Gasteiger partial charge in [-0.1, -0.05) is 32.0 Å². The highest BCUT2D eigenvalue weighted by atomic mass is 16.5. The summed E-state index contributed by atoms with van der Waals surface area (Å²) in [5.74, 6) is 2.39. The fourth-order valence-corrected chi connectivity index (χ4v) is 1.23. The summed E-state index contributed by atoms with van der Waals surface area (Å²) >= 11 is 0. The number of methoxy groups -OCH3 is 1. The Morgan fingerprint density at radius 1 is 1.25 bits per heavy atom. The zero-order valence-corrected chi connectivity index (χ0v) is 7.92. The highest BCUT2D eigenvalue weighted by molar-refractivity contribution is 5.34. The summed E-state index contributed by atoms with van der Waals surface area (Å²) in [5, 5.41) is 0. The average Bonchev–Trinajstić information content (AvgIpc) is 2.04. The number of ether oxygens (including phenoxy) is 1. The van der Waals surface area contributed by atoms with Gasteiger partial charge in [0.15, 0.2) is 0 Å². The van der Waals surface area contributed by atoms with E-state index in [1.165, 1.54) is 11.5 Å². The van der Waals surface area contributed by atoms with Crippen molar-refractivity contribution in [2.75, 3.05) is 7.11 Å². The van der Waals surface area contributed by atoms with E-state index in [0.29, 0.717) is 0 Å². The summed E-state index contributed by atoms with van der Waals surface area (Å²) in [7, 11) is 1.71. The highest BCUT2D eigenvalue weighted by Gasteiger charge is 2.03. The minimum Gasteiger partial charge on any atom is -0.496 e. The van der Waals surface area contributed by atoms with Gasteiger partial charge in [0.25, 0.3) is 0 Å². The van der Waals surface area contributed by atoms with Crippen LogP contribution in [-0.2, 0) is 6.42 Å². The van der Waals surface area contributed by atoms with Gasteiger partial charge in [0.1, 0.15) is 5.75 Å². The first kappa shape index (κ1) is 9.11. The molecule has 1 aromatic rings. The second-order valence-corrected chi connectivity index (χ2v) is 3.20. The van der Waals surface area contributed by atoms with E-state index < -0.39 is 0 Å². The van der Waals surface area contributed by atoms with Crippen molar-refractivity contribution in [3.05, 3.63) is 35.7 Å². The van der Waals surface area contributed by atoms with Gasteiger partial charge >= 0.3 is 0 Å². The van der Waals surface area contributed by atoms with Gasteiger partial charge in [-0.2, -0.15) is 0 Å². The minimum absolute atomic E-state index is 0.985. The molecule has 0 heterocycles. The van der Waals surface area contributed by atoms with E-state index in [0.717, 1.165) is 12.2 Å². The second-order valence-electron chi connectivity index (χ2n) is 3.20. The van der Waals surface area contributed by atoms with Crippen LogP contribution in [0, 0.1) is 5.92 Å². The lowest BCUT2D eigenvalue weighted by Crippen LogP contribution is -1.95. The molecule has 1 rings (SSSR count). The third kappa shape index (κ3) is 2.26. The molecule has 0 fully saturated rings. The summed E-state index contributed by atoms with van der Waals surface area (Å²) in [6, 6.07) is 8.14. The van der Waals surface area contributed by atoms with Crippen molar-refractivity contribution in [1.29, 1.82) is 0 Å². The summed E-state index contributed by atoms with van der Waals surface area (Å²) in [6.07, 6.45) is 1.00. The van der Waals surface area contributed by atoms with Gasteiger partial charge in [0, 0.05) is 0 Å². The summed E-state index contributed by atoms with van der Waals surface area (Å²) in [5.41, 5.74) is 1.26. The van der Waals surface area contributed by atoms with Gasteiger partial charge in [-0.25, -0.2) is 0 Å². The fourth-order valence-electron chi connectivity index (χ4n) is 1.23. The van der Waals surface area contributed by atoms with Crippen molar-refractivity contribution in [3.8, 4) is 5.75 Å². The van der Waals surface area contributed by atoms with Crippen LogP contribution in [0.15, 0.2) is 24.3 Å². The van der Waals surface area contributed by atoms with Crippen molar-refractivity contribution >= 4 is 0 Å². The molecule has 0 spiro atoms. The molecule has 0 unspecified atom stereocenters. The average molecular weight is 163 g/mol. The van der Waals surface area contributed by atoms with E-state index in [4.69, 9.17) is 4.74 Å². The van der Waals surface area contributed by atoms with Gasteiger partial charge in [0.2, 0.25) is 0 Å². The van der Waals surface area contributed by atoms with Gasteiger partial charge in [0.05, 0.1) is 7.11 Å². The molecule has 0 saturated carbocycles. The largest absolute Gasteiger partial charge is 0.496 e. The maximum absolute atomic E-state index is 5.23. The van der Waals surface area contributed by atoms with Crippen molar-refractivity contribution in [2.24, 2.45) is 0 Å². The highest BCUT2D eigenvalue weighted by Crippen LogP contribution is 2.20. The maximum Gasteiger partial charge on any atom is 0.122 e. The predicted molar refractivity (Wildman–Crippen MR) is 51.3 cm³/mol. The lowest BCUT2D eigenvalue weighted by Gasteiger charge is -2.09. The zero-order valence-electron chi connectivity index (χ0n) is 7.92. The van der Waals surface area contributed by atoms with E-state index in [-0.39, 0.29) is 0 Å². The zero-order chi connectivity index (χ0) is 8.97. The standard InChI is InChI=1S/C11H15O/c1-9(2)8-10-6-4-5-7-11(10)12-3/h4-7H,8H2,1-3H3. The first-order valence-electron chi connectivity index (χ1n) is 4.15. The van der Waals surface area contributed by atoms with Crippen LogP contribution in [0.1, 0.15) is 19.4 Å². The molecule has 1 nitrogen and oxygen atoms in total. The van der Waals surface area contributed by atoms with Crippen molar-refractivity contribution in [2.45, 2.75) is 20.3 Å². The third-order valence-electron chi connectivity index (χ3n) is 1.74. The predicted octanol–water partition coefficient (Wildman–Crippen LogP) is 2.85. The summed E-state index contributed by atoms with van der Waals surface area (Å²) in [4.78, 5) is 0. The van der Waals surface area contributed by atoms with Gasteiger partial charge in [-0.15, -0.1) is 0 Å². The van der Waals surface area contributed by atoms with Crippen LogP contribution < -0.4 is 4.74 Å². The maximum atomic E-state index is 5.23. The third-order valence-corrected chi connectivity index (χ3v) is 1.74. The quantitative estimate of drug-likeness (QED) is 0.665. The van der Waals surface area contributed by atoms with Gasteiger partial charge in [-0.3, -0.25) is 0 Å². The molecule has 0 atom stereocenters. The number of rotatable bonds is 3. The van der Waals surface area contributed by atoms with Crippen LogP contribution in [0.3, 0.4) is 0 Å². The van der Waals surface area contributed by atoms with Gasteiger partial charge in [-0.05, 0) is 24.0 Å². The van der Waals surface area contributed by atoms with Crippen LogP contribution in [0.25, 0.3) is 0 Å². The Morgan fingerprint density at radius 2 is 1.92 bits per heavy atom. The molecule has 12 heavy (non-hydrogen) atoms. The molecule has 1 heteroatoms. The Morgan fingerprint density at radius 3 is 2.50 bits per heavy atom. The summed E-state index contributed by atoms with van der Waals surface area (Å²) < 4.78 is 5.23. The number of hydrogen-bond acceptors (Lipinski definition) is 1. The second kappa shape index (κ2) is 4.15. The molecule has 65 valence electrons. The first-order valence-corrected chi connectivity index (χ1v) is 4.15.